The van der Waals surface area contributed by atoms with Crippen molar-refractivity contribution in [3.05, 3.63) is 48.3 Å². The number of para-hydroxylation sites is 2. The standard InChI is InChI=1S/C21H27N5O2/c1-14-22-12-13-26(14)18-11-10-16(21(18)28)24-20(27)9-5-8-19-23-15-6-3-4-7-17(15)25(19)2/h3-4,6-7,12-13,16,18,21,28H,5,8-11H2,1-2H3,(H,24,27)/t16-,18-,21-/m1/s1. The van der Waals surface area contributed by atoms with Crippen LogP contribution in [0, 0.1) is 6.92 Å². The number of nitrogens with zero attached hydrogens (tertiary/aromatic N) is 4. The van der Waals surface area contributed by atoms with Gasteiger partial charge in [-0.05, 0) is 38.3 Å². The Morgan fingerprint density at radius 2 is 2.14 bits per heavy atom. The van der Waals surface area contributed by atoms with Gasteiger partial charge in [-0.1, -0.05) is 12.1 Å². The molecule has 2 aromatic heterocycles. The summed E-state index contributed by atoms with van der Waals surface area (Å²) in [4.78, 5) is 21.3. The van der Waals surface area contributed by atoms with Gasteiger partial charge >= 0.3 is 0 Å². The summed E-state index contributed by atoms with van der Waals surface area (Å²) in [5.41, 5.74) is 2.09. The van der Waals surface area contributed by atoms with Crippen LogP contribution in [0.3, 0.4) is 0 Å². The Labute approximate surface area is 164 Å². The fourth-order valence-corrected chi connectivity index (χ4v) is 4.26. The van der Waals surface area contributed by atoms with Crippen LogP contribution in [0.15, 0.2) is 36.7 Å². The summed E-state index contributed by atoms with van der Waals surface area (Å²) in [6.45, 7) is 1.93. The number of benzene rings is 1. The van der Waals surface area contributed by atoms with E-state index in [4.69, 9.17) is 0 Å². The van der Waals surface area contributed by atoms with E-state index in [0.717, 1.165) is 48.4 Å². The van der Waals surface area contributed by atoms with Crippen molar-refractivity contribution in [3.8, 4) is 0 Å². The van der Waals surface area contributed by atoms with Gasteiger partial charge in [0.15, 0.2) is 0 Å². The van der Waals surface area contributed by atoms with Gasteiger partial charge in [-0.2, -0.15) is 0 Å². The van der Waals surface area contributed by atoms with E-state index in [-0.39, 0.29) is 18.0 Å². The zero-order valence-electron chi connectivity index (χ0n) is 16.4. The predicted molar refractivity (Wildman–Crippen MR) is 107 cm³/mol. The molecule has 2 N–H and O–H groups in total. The third-order valence-electron chi connectivity index (χ3n) is 5.83. The molecule has 0 bridgehead atoms. The number of rotatable bonds is 6. The minimum absolute atomic E-state index is 0.00850. The van der Waals surface area contributed by atoms with E-state index < -0.39 is 6.10 Å². The highest BCUT2D eigenvalue weighted by Crippen LogP contribution is 2.31. The van der Waals surface area contributed by atoms with Crippen LogP contribution in [0.4, 0.5) is 0 Å². The van der Waals surface area contributed by atoms with Gasteiger partial charge in [0.25, 0.3) is 0 Å². The van der Waals surface area contributed by atoms with E-state index in [1.165, 1.54) is 0 Å². The van der Waals surface area contributed by atoms with Gasteiger partial charge in [-0.25, -0.2) is 9.97 Å². The van der Waals surface area contributed by atoms with E-state index in [1.54, 1.807) is 6.20 Å². The lowest BCUT2D eigenvalue weighted by Gasteiger charge is -2.22. The zero-order chi connectivity index (χ0) is 19.7. The Hall–Kier alpha value is -2.67. The van der Waals surface area contributed by atoms with Crippen LogP contribution in [0.2, 0.25) is 0 Å². The Bertz CT molecular complexity index is 976. The van der Waals surface area contributed by atoms with Crippen LogP contribution < -0.4 is 5.32 Å². The van der Waals surface area contributed by atoms with E-state index in [9.17, 15) is 9.90 Å². The summed E-state index contributed by atoms with van der Waals surface area (Å²) < 4.78 is 4.09. The van der Waals surface area contributed by atoms with Gasteiger partial charge in [0.2, 0.25) is 5.91 Å². The molecule has 1 saturated carbocycles. The van der Waals surface area contributed by atoms with Crippen LogP contribution in [-0.4, -0.2) is 42.3 Å². The number of aliphatic hydroxyl groups is 1. The predicted octanol–water partition coefficient (Wildman–Crippen LogP) is 2.28. The monoisotopic (exact) mass is 381 g/mol. The summed E-state index contributed by atoms with van der Waals surface area (Å²) >= 11 is 0. The Morgan fingerprint density at radius 1 is 1.32 bits per heavy atom. The third-order valence-corrected chi connectivity index (χ3v) is 5.83. The first-order valence-corrected chi connectivity index (χ1v) is 9.92. The highest BCUT2D eigenvalue weighted by Gasteiger charge is 2.36. The van der Waals surface area contributed by atoms with Crippen molar-refractivity contribution in [3.63, 3.8) is 0 Å². The van der Waals surface area contributed by atoms with Crippen molar-refractivity contribution >= 4 is 16.9 Å². The number of fused-ring (bicyclic) bond motifs is 1. The number of carbonyl (C=O) groups excluding carboxylic acids is 1. The first kappa shape index (κ1) is 18.7. The summed E-state index contributed by atoms with van der Waals surface area (Å²) in [5.74, 6) is 1.87. The highest BCUT2D eigenvalue weighted by molar-refractivity contribution is 5.77. The third kappa shape index (κ3) is 3.54. The smallest absolute Gasteiger partial charge is 0.220 e. The molecule has 3 atom stereocenters. The maximum Gasteiger partial charge on any atom is 0.220 e. The Kier molecular flexibility index (Phi) is 5.17. The maximum absolute atomic E-state index is 12.4. The average Bonchev–Trinajstić information content (AvgIpc) is 3.35. The second kappa shape index (κ2) is 7.75. The average molecular weight is 381 g/mol. The van der Waals surface area contributed by atoms with Crippen molar-refractivity contribution in [1.82, 2.24) is 24.4 Å². The molecular weight excluding hydrogens is 354 g/mol. The normalized spacial score (nSPS) is 22.0. The fourth-order valence-electron chi connectivity index (χ4n) is 4.26. The lowest BCUT2D eigenvalue weighted by Crippen LogP contribution is -2.42. The molecule has 1 aliphatic rings. The number of imidazole rings is 2. The molecule has 28 heavy (non-hydrogen) atoms. The summed E-state index contributed by atoms with van der Waals surface area (Å²) in [5, 5.41) is 13.7. The van der Waals surface area contributed by atoms with Crippen LogP contribution in [0.5, 0.6) is 0 Å². The molecule has 0 unspecified atom stereocenters. The molecule has 2 heterocycles. The molecule has 1 fully saturated rings. The van der Waals surface area contributed by atoms with Crippen LogP contribution >= 0.6 is 0 Å². The van der Waals surface area contributed by atoms with E-state index in [2.05, 4.69) is 25.9 Å². The summed E-state index contributed by atoms with van der Waals surface area (Å²) in [7, 11) is 2.01. The quantitative estimate of drug-likeness (QED) is 0.686. The van der Waals surface area contributed by atoms with Crippen LogP contribution in [-0.2, 0) is 18.3 Å². The second-order valence-corrected chi connectivity index (χ2v) is 7.62. The molecular formula is C21H27N5O2. The SMILES string of the molecule is Cc1nccn1[C@@H]1CC[C@@H](NC(=O)CCCc2nc3ccccc3n2C)[C@H]1O. The van der Waals surface area contributed by atoms with Crippen molar-refractivity contribution in [1.29, 1.82) is 0 Å². The summed E-state index contributed by atoms with van der Waals surface area (Å²) in [6.07, 6.45) is 6.58. The van der Waals surface area contributed by atoms with E-state index in [0.29, 0.717) is 6.42 Å². The molecule has 1 aromatic carbocycles. The molecule has 148 valence electrons. The van der Waals surface area contributed by atoms with Gasteiger partial charge < -0.3 is 19.6 Å². The molecule has 0 spiro atoms. The maximum atomic E-state index is 12.4. The molecule has 4 rings (SSSR count). The van der Waals surface area contributed by atoms with Crippen molar-refractivity contribution < 1.29 is 9.90 Å². The largest absolute Gasteiger partial charge is 0.389 e. The van der Waals surface area contributed by atoms with Gasteiger partial charge in [0.05, 0.1) is 29.2 Å². The number of aromatic nitrogens is 4. The molecule has 0 radical (unpaired) electrons. The fraction of sp³-hybridized carbons (Fsp3) is 0.476. The Morgan fingerprint density at radius 3 is 2.89 bits per heavy atom. The lowest BCUT2D eigenvalue weighted by atomic mass is 10.1. The minimum Gasteiger partial charge on any atom is -0.389 e. The number of hydrogen-bond acceptors (Lipinski definition) is 4. The summed E-state index contributed by atoms with van der Waals surface area (Å²) in [6, 6.07) is 7.83. The molecule has 0 saturated heterocycles. The van der Waals surface area contributed by atoms with E-state index >= 15 is 0 Å². The highest BCUT2D eigenvalue weighted by atomic mass is 16.3. The van der Waals surface area contributed by atoms with Crippen molar-refractivity contribution in [2.24, 2.45) is 7.05 Å². The van der Waals surface area contributed by atoms with Crippen molar-refractivity contribution in [2.45, 2.75) is 57.2 Å². The number of amides is 1. The topological polar surface area (TPSA) is 85.0 Å². The molecule has 1 amide bonds. The molecule has 0 aliphatic heterocycles. The van der Waals surface area contributed by atoms with Gasteiger partial charge in [-0.3, -0.25) is 4.79 Å². The number of hydrogen-bond donors (Lipinski definition) is 2. The van der Waals surface area contributed by atoms with Gasteiger partial charge in [0, 0.05) is 32.3 Å². The van der Waals surface area contributed by atoms with Gasteiger partial charge in [-0.15, -0.1) is 0 Å². The number of aryl methyl sites for hydroxylation is 3. The first-order valence-electron chi connectivity index (χ1n) is 9.92. The number of carbonyl (C=O) groups is 1. The minimum atomic E-state index is -0.586. The molecule has 7 nitrogen and oxygen atoms in total. The second-order valence-electron chi connectivity index (χ2n) is 7.62. The molecule has 3 aromatic rings. The van der Waals surface area contributed by atoms with Crippen molar-refractivity contribution in [2.75, 3.05) is 0 Å². The zero-order valence-corrected chi connectivity index (χ0v) is 16.4. The number of nitrogens with one attached hydrogen (secondary N) is 1. The lowest BCUT2D eigenvalue weighted by molar-refractivity contribution is -0.122. The van der Waals surface area contributed by atoms with E-state index in [1.807, 2.05) is 42.9 Å². The molecule has 1 aliphatic carbocycles. The van der Waals surface area contributed by atoms with Gasteiger partial charge in [0.1, 0.15) is 11.6 Å². The molecule has 7 heteroatoms. The van der Waals surface area contributed by atoms with Crippen LogP contribution in [0.25, 0.3) is 11.0 Å². The first-order chi connectivity index (χ1) is 13.5. The van der Waals surface area contributed by atoms with Crippen LogP contribution in [0.1, 0.15) is 43.4 Å². The Balaban J connectivity index is 1.29. The number of aliphatic hydroxyl groups excluding tert-OH is 1.